The van der Waals surface area contributed by atoms with Gasteiger partial charge in [-0.1, -0.05) is 41.6 Å². The number of para-hydroxylation sites is 1. The van der Waals surface area contributed by atoms with Crippen LogP contribution in [0.3, 0.4) is 0 Å². The van der Waals surface area contributed by atoms with E-state index in [4.69, 9.17) is 11.6 Å². The van der Waals surface area contributed by atoms with Crippen molar-refractivity contribution < 1.29 is 0 Å². The van der Waals surface area contributed by atoms with Crippen molar-refractivity contribution in [3.63, 3.8) is 0 Å². The molecule has 1 N–H and O–H groups in total. The molecule has 2 heterocycles. The number of hydrogen-bond donors (Lipinski definition) is 1. The fourth-order valence-corrected chi connectivity index (χ4v) is 3.07. The van der Waals surface area contributed by atoms with Crippen molar-refractivity contribution in [3.05, 3.63) is 65.4 Å². The van der Waals surface area contributed by atoms with Crippen LogP contribution in [0.25, 0.3) is 17.1 Å². The molecule has 0 fully saturated rings. The molecule has 0 spiro atoms. The number of rotatable bonds is 5. The van der Waals surface area contributed by atoms with E-state index in [-0.39, 0.29) is 0 Å². The molecule has 0 aliphatic heterocycles. The number of aromatic amines is 1. The largest absolute Gasteiger partial charge is 0.258 e. The summed E-state index contributed by atoms with van der Waals surface area (Å²) in [5.41, 5.74) is 1.85. The second kappa shape index (κ2) is 7.04. The molecule has 4 aromatic rings. The van der Waals surface area contributed by atoms with Crippen molar-refractivity contribution in [2.75, 3.05) is 0 Å². The summed E-state index contributed by atoms with van der Waals surface area (Å²) in [6.45, 7) is 0. The lowest BCUT2D eigenvalue weighted by molar-refractivity contribution is 0.777. The Labute approximate surface area is 152 Å². The average Bonchev–Trinajstić information content (AvgIpc) is 3.31. The molecule has 0 amide bonds. The normalized spacial score (nSPS) is 10.9. The monoisotopic (exact) mass is 369 g/mol. The Bertz CT molecular complexity index is 966. The Morgan fingerprint density at radius 3 is 2.64 bits per heavy atom. The molecule has 25 heavy (non-hydrogen) atoms. The number of halogens is 1. The predicted molar refractivity (Wildman–Crippen MR) is 95.5 cm³/mol. The maximum absolute atomic E-state index is 5.91. The van der Waals surface area contributed by atoms with Crippen LogP contribution in [-0.2, 0) is 5.75 Å². The van der Waals surface area contributed by atoms with Crippen LogP contribution in [0.2, 0.25) is 5.02 Å². The summed E-state index contributed by atoms with van der Waals surface area (Å²) in [7, 11) is 0. The minimum Gasteiger partial charge on any atom is -0.258 e. The van der Waals surface area contributed by atoms with Gasteiger partial charge in [0, 0.05) is 10.6 Å². The number of aromatic nitrogens is 7. The first kappa shape index (κ1) is 15.8. The molecule has 0 radical (unpaired) electrons. The van der Waals surface area contributed by atoms with Crippen LogP contribution in [0, 0.1) is 0 Å². The second-order valence-electron chi connectivity index (χ2n) is 5.10. The van der Waals surface area contributed by atoms with E-state index in [9.17, 15) is 0 Å². The van der Waals surface area contributed by atoms with Crippen molar-refractivity contribution >= 4 is 23.4 Å². The molecular weight excluding hydrogens is 358 g/mol. The van der Waals surface area contributed by atoms with Gasteiger partial charge in [-0.25, -0.2) is 4.98 Å². The van der Waals surface area contributed by atoms with E-state index >= 15 is 0 Å². The molecule has 4 rings (SSSR count). The molecule has 124 valence electrons. The number of hydrogen-bond acceptors (Lipinski definition) is 6. The molecule has 7 nitrogen and oxygen atoms in total. The highest BCUT2D eigenvalue weighted by molar-refractivity contribution is 7.98. The molecule has 9 heteroatoms. The average molecular weight is 370 g/mol. The van der Waals surface area contributed by atoms with Crippen LogP contribution >= 0.6 is 23.4 Å². The summed E-state index contributed by atoms with van der Waals surface area (Å²) in [6.07, 6.45) is 0. The molecule has 0 atom stereocenters. The van der Waals surface area contributed by atoms with Crippen LogP contribution in [-0.4, -0.2) is 35.4 Å². The number of H-pyrrole nitrogens is 1. The van der Waals surface area contributed by atoms with Crippen molar-refractivity contribution in [3.8, 4) is 17.1 Å². The van der Waals surface area contributed by atoms with Gasteiger partial charge in [-0.3, -0.25) is 5.10 Å². The smallest absolute Gasteiger partial charge is 0.209 e. The predicted octanol–water partition coefficient (Wildman–Crippen LogP) is 3.39. The van der Waals surface area contributed by atoms with Gasteiger partial charge in [0.2, 0.25) is 5.16 Å². The summed E-state index contributed by atoms with van der Waals surface area (Å²) >= 11 is 7.37. The molecule has 0 saturated carbocycles. The Morgan fingerprint density at radius 1 is 1.04 bits per heavy atom. The van der Waals surface area contributed by atoms with Gasteiger partial charge >= 0.3 is 0 Å². The number of benzene rings is 2. The van der Waals surface area contributed by atoms with Crippen LogP contribution in [0.5, 0.6) is 0 Å². The lowest BCUT2D eigenvalue weighted by atomic mass is 10.2. The van der Waals surface area contributed by atoms with E-state index in [2.05, 4.69) is 30.7 Å². The summed E-state index contributed by atoms with van der Waals surface area (Å²) in [6, 6.07) is 17.2. The third-order valence-corrected chi connectivity index (χ3v) is 4.54. The minimum atomic E-state index is 0.555. The quantitative estimate of drug-likeness (QED) is 0.543. The van der Waals surface area contributed by atoms with Crippen molar-refractivity contribution in [1.29, 1.82) is 0 Å². The van der Waals surface area contributed by atoms with Crippen LogP contribution < -0.4 is 0 Å². The Morgan fingerprint density at radius 2 is 1.84 bits per heavy atom. The topological polar surface area (TPSA) is 85.2 Å². The van der Waals surface area contributed by atoms with Gasteiger partial charge in [0.05, 0.1) is 11.4 Å². The number of tetrazole rings is 1. The highest BCUT2D eigenvalue weighted by Gasteiger charge is 2.11. The number of thioether (sulfide) groups is 1. The van der Waals surface area contributed by atoms with E-state index in [1.54, 1.807) is 4.68 Å². The van der Waals surface area contributed by atoms with E-state index in [1.165, 1.54) is 11.8 Å². The zero-order chi connectivity index (χ0) is 17.1. The van der Waals surface area contributed by atoms with Gasteiger partial charge in [0.1, 0.15) is 0 Å². The standard InChI is InChI=1S/C16H12ClN7S/c17-12-8-6-11(7-9-12)15-18-16(21-20-15)25-10-14-19-22-23-24(14)13-4-2-1-3-5-13/h1-9H,10H2,(H,18,20,21). The maximum atomic E-state index is 5.91. The molecule has 0 bridgehead atoms. The van der Waals surface area contributed by atoms with Gasteiger partial charge in [0.25, 0.3) is 0 Å². The third kappa shape index (κ3) is 3.54. The lowest BCUT2D eigenvalue weighted by Crippen LogP contribution is -2.01. The molecule has 2 aromatic heterocycles. The highest BCUT2D eigenvalue weighted by Crippen LogP contribution is 2.23. The third-order valence-electron chi connectivity index (χ3n) is 3.45. The fourth-order valence-electron chi connectivity index (χ4n) is 2.24. The van der Waals surface area contributed by atoms with Crippen LogP contribution in [0.15, 0.2) is 59.8 Å². The zero-order valence-corrected chi connectivity index (χ0v) is 14.4. The molecule has 0 saturated heterocycles. The van der Waals surface area contributed by atoms with Gasteiger partial charge in [-0.2, -0.15) is 4.68 Å². The minimum absolute atomic E-state index is 0.555. The van der Waals surface area contributed by atoms with E-state index < -0.39 is 0 Å². The Hall–Kier alpha value is -2.71. The molecule has 0 aliphatic rings. The Kier molecular flexibility index (Phi) is 4.45. The Balaban J connectivity index is 1.48. The first-order valence-corrected chi connectivity index (χ1v) is 8.80. The van der Waals surface area contributed by atoms with Crippen LogP contribution in [0.4, 0.5) is 0 Å². The van der Waals surface area contributed by atoms with Crippen molar-refractivity contribution in [2.45, 2.75) is 10.9 Å². The summed E-state index contributed by atoms with van der Waals surface area (Å²) < 4.78 is 1.71. The van der Waals surface area contributed by atoms with Crippen LogP contribution in [0.1, 0.15) is 5.82 Å². The van der Waals surface area contributed by atoms with E-state index in [0.717, 1.165) is 17.1 Å². The molecule has 0 aliphatic carbocycles. The van der Waals surface area contributed by atoms with Crippen molar-refractivity contribution in [2.24, 2.45) is 0 Å². The fraction of sp³-hybridized carbons (Fsp3) is 0.0625. The lowest BCUT2D eigenvalue weighted by Gasteiger charge is -2.02. The van der Waals surface area contributed by atoms with Gasteiger partial charge < -0.3 is 0 Å². The van der Waals surface area contributed by atoms with E-state index in [1.807, 2.05) is 54.6 Å². The highest BCUT2D eigenvalue weighted by atomic mass is 35.5. The molecule has 2 aromatic carbocycles. The second-order valence-corrected chi connectivity index (χ2v) is 6.48. The SMILES string of the molecule is Clc1ccc(-c2nc(SCc3nnnn3-c3ccccc3)n[nH]2)cc1. The van der Waals surface area contributed by atoms with Crippen molar-refractivity contribution in [1.82, 2.24) is 35.4 Å². The van der Waals surface area contributed by atoms with Gasteiger partial charge in [-0.15, -0.1) is 10.2 Å². The zero-order valence-electron chi connectivity index (χ0n) is 12.9. The summed E-state index contributed by atoms with van der Waals surface area (Å²) in [5.74, 6) is 1.98. The van der Waals surface area contributed by atoms with Gasteiger partial charge in [0.15, 0.2) is 11.6 Å². The van der Waals surface area contributed by atoms with Gasteiger partial charge in [-0.05, 0) is 46.8 Å². The summed E-state index contributed by atoms with van der Waals surface area (Å²) in [4.78, 5) is 4.49. The first-order valence-electron chi connectivity index (χ1n) is 7.43. The number of nitrogens with one attached hydrogen (secondary N) is 1. The first-order chi connectivity index (χ1) is 12.3. The molecule has 0 unspecified atom stereocenters. The summed E-state index contributed by atoms with van der Waals surface area (Å²) in [5, 5.41) is 20.4. The maximum Gasteiger partial charge on any atom is 0.209 e. The number of nitrogens with zero attached hydrogens (tertiary/aromatic N) is 6. The molecular formula is C16H12ClN7S. The van der Waals surface area contributed by atoms with E-state index in [0.29, 0.717) is 21.8 Å².